The Balaban J connectivity index is 1.54. The highest BCUT2D eigenvalue weighted by Crippen LogP contribution is 2.19. The molecule has 30 heavy (non-hydrogen) atoms. The van der Waals surface area contributed by atoms with E-state index < -0.39 is 0 Å². The molecule has 0 aliphatic carbocycles. The van der Waals surface area contributed by atoms with Gasteiger partial charge in [-0.15, -0.1) is 0 Å². The smallest absolute Gasteiger partial charge is 0.323 e. The van der Waals surface area contributed by atoms with Crippen molar-refractivity contribution in [3.05, 3.63) is 90.0 Å². The molecule has 0 aromatic heterocycles. The third kappa shape index (κ3) is 6.10. The van der Waals surface area contributed by atoms with Gasteiger partial charge in [0.2, 0.25) is 0 Å². The van der Waals surface area contributed by atoms with E-state index in [0.29, 0.717) is 23.5 Å². The second kappa shape index (κ2) is 10.1. The van der Waals surface area contributed by atoms with Gasteiger partial charge in [-0.25, -0.2) is 4.79 Å². The molecule has 0 saturated carbocycles. The zero-order chi connectivity index (χ0) is 21.3. The van der Waals surface area contributed by atoms with Crippen molar-refractivity contribution < 1.29 is 14.3 Å². The first-order chi connectivity index (χ1) is 14.5. The van der Waals surface area contributed by atoms with Crippen molar-refractivity contribution in [3.8, 4) is 5.75 Å². The molecule has 6 heteroatoms. The zero-order valence-electron chi connectivity index (χ0n) is 17.0. The number of benzene rings is 3. The van der Waals surface area contributed by atoms with Crippen LogP contribution in [0, 0.1) is 0 Å². The molecule has 0 aliphatic rings. The number of carbonyl (C=O) groups excluding carboxylic acids is 2. The van der Waals surface area contributed by atoms with Crippen molar-refractivity contribution >= 4 is 23.3 Å². The van der Waals surface area contributed by atoms with E-state index >= 15 is 0 Å². The van der Waals surface area contributed by atoms with Crippen molar-refractivity contribution in [1.29, 1.82) is 0 Å². The maximum Gasteiger partial charge on any atom is 0.323 e. The van der Waals surface area contributed by atoms with Crippen LogP contribution in [0.3, 0.4) is 0 Å². The number of hydrogen-bond acceptors (Lipinski definition) is 3. The van der Waals surface area contributed by atoms with Crippen molar-refractivity contribution in [2.45, 2.75) is 26.5 Å². The molecular formula is C24H25N3O3. The van der Waals surface area contributed by atoms with E-state index in [2.05, 4.69) is 16.0 Å². The molecule has 6 nitrogen and oxygen atoms in total. The summed E-state index contributed by atoms with van der Waals surface area (Å²) < 4.78 is 5.78. The molecule has 3 amide bonds. The predicted octanol–water partition coefficient (Wildman–Crippen LogP) is 5.05. The summed E-state index contributed by atoms with van der Waals surface area (Å²) in [5, 5.41) is 8.39. The van der Waals surface area contributed by atoms with Crippen LogP contribution in [0.1, 0.15) is 29.8 Å². The molecule has 3 aromatic rings. The standard InChI is InChI=1S/C24H25N3O3/c1-17(2)30-22-11-7-6-8-19(22)16-25-23(28)18-12-14-21(15-13-18)27-24(29)26-20-9-4-3-5-10-20/h3-15,17H,16H2,1-2H3,(H,25,28)(H2,26,27,29). The molecule has 0 unspecified atom stereocenters. The van der Waals surface area contributed by atoms with E-state index in [-0.39, 0.29) is 18.0 Å². The third-order valence-corrected chi connectivity index (χ3v) is 4.21. The van der Waals surface area contributed by atoms with E-state index in [0.717, 1.165) is 11.3 Å². The fourth-order valence-corrected chi connectivity index (χ4v) is 2.82. The summed E-state index contributed by atoms with van der Waals surface area (Å²) in [6.45, 7) is 4.29. The van der Waals surface area contributed by atoms with Crippen LogP contribution in [0.15, 0.2) is 78.9 Å². The third-order valence-electron chi connectivity index (χ3n) is 4.21. The molecule has 0 spiro atoms. The fraction of sp³-hybridized carbons (Fsp3) is 0.167. The van der Waals surface area contributed by atoms with E-state index in [1.165, 1.54) is 0 Å². The molecule has 0 radical (unpaired) electrons. The highest BCUT2D eigenvalue weighted by atomic mass is 16.5. The lowest BCUT2D eigenvalue weighted by molar-refractivity contribution is 0.0950. The minimum atomic E-state index is -0.347. The topological polar surface area (TPSA) is 79.5 Å². The molecule has 0 saturated heterocycles. The van der Waals surface area contributed by atoms with Gasteiger partial charge in [-0.3, -0.25) is 4.79 Å². The monoisotopic (exact) mass is 403 g/mol. The molecule has 3 aromatic carbocycles. The molecule has 0 heterocycles. The van der Waals surface area contributed by atoms with Gasteiger partial charge >= 0.3 is 6.03 Å². The molecule has 154 valence electrons. The fourth-order valence-electron chi connectivity index (χ4n) is 2.82. The maximum atomic E-state index is 12.5. The molecule has 3 N–H and O–H groups in total. The summed E-state index contributed by atoms with van der Waals surface area (Å²) in [4.78, 5) is 24.5. The van der Waals surface area contributed by atoms with Gasteiger partial charge in [-0.1, -0.05) is 36.4 Å². The highest BCUT2D eigenvalue weighted by Gasteiger charge is 2.09. The predicted molar refractivity (Wildman–Crippen MR) is 119 cm³/mol. The quantitative estimate of drug-likeness (QED) is 0.517. The van der Waals surface area contributed by atoms with Gasteiger partial charge in [0, 0.05) is 29.0 Å². The van der Waals surface area contributed by atoms with Crippen LogP contribution in [0.4, 0.5) is 16.2 Å². The van der Waals surface area contributed by atoms with Crippen LogP contribution < -0.4 is 20.7 Å². The van der Waals surface area contributed by atoms with Gasteiger partial charge < -0.3 is 20.7 Å². The Kier molecular flexibility index (Phi) is 7.05. The van der Waals surface area contributed by atoms with Crippen LogP contribution in [0.25, 0.3) is 0 Å². The first kappa shape index (κ1) is 20.9. The lowest BCUT2D eigenvalue weighted by Crippen LogP contribution is -2.23. The first-order valence-corrected chi connectivity index (χ1v) is 9.77. The van der Waals surface area contributed by atoms with Crippen molar-refractivity contribution in [2.24, 2.45) is 0 Å². The Labute approximate surface area is 176 Å². The Morgan fingerprint density at radius 1 is 0.800 bits per heavy atom. The first-order valence-electron chi connectivity index (χ1n) is 9.77. The summed E-state index contributed by atoms with van der Waals surface area (Å²) in [6, 6.07) is 23.2. The van der Waals surface area contributed by atoms with Crippen molar-refractivity contribution in [3.63, 3.8) is 0 Å². The number of carbonyl (C=O) groups is 2. The Morgan fingerprint density at radius 3 is 2.07 bits per heavy atom. The number of amides is 3. The number of ether oxygens (including phenoxy) is 1. The molecule has 3 rings (SSSR count). The molecule has 0 bridgehead atoms. The number of urea groups is 1. The number of para-hydroxylation sites is 2. The number of nitrogens with one attached hydrogen (secondary N) is 3. The summed E-state index contributed by atoms with van der Waals surface area (Å²) in [7, 11) is 0. The lowest BCUT2D eigenvalue weighted by atomic mass is 10.1. The Bertz CT molecular complexity index is 986. The van der Waals surface area contributed by atoms with E-state index in [4.69, 9.17) is 4.74 Å². The van der Waals surface area contributed by atoms with Gasteiger partial charge in [-0.2, -0.15) is 0 Å². The summed E-state index contributed by atoms with van der Waals surface area (Å²) >= 11 is 0. The highest BCUT2D eigenvalue weighted by molar-refractivity contribution is 6.00. The van der Waals surface area contributed by atoms with Crippen LogP contribution in [0.5, 0.6) is 5.75 Å². The van der Waals surface area contributed by atoms with Gasteiger partial charge in [0.1, 0.15) is 5.75 Å². The normalized spacial score (nSPS) is 10.4. The number of anilines is 2. The van der Waals surface area contributed by atoms with E-state index in [1.54, 1.807) is 36.4 Å². The van der Waals surface area contributed by atoms with E-state index in [9.17, 15) is 9.59 Å². The molecule has 0 aliphatic heterocycles. The van der Waals surface area contributed by atoms with Crippen LogP contribution in [-0.4, -0.2) is 18.0 Å². The number of rotatable bonds is 7. The second-order valence-electron chi connectivity index (χ2n) is 6.98. The maximum absolute atomic E-state index is 12.5. The second-order valence-corrected chi connectivity index (χ2v) is 6.98. The molecular weight excluding hydrogens is 378 g/mol. The molecule has 0 atom stereocenters. The lowest BCUT2D eigenvalue weighted by Gasteiger charge is -2.14. The van der Waals surface area contributed by atoms with Gasteiger partial charge in [0.25, 0.3) is 5.91 Å². The molecule has 0 fully saturated rings. The summed E-state index contributed by atoms with van der Waals surface area (Å²) in [5.41, 5.74) is 2.71. The SMILES string of the molecule is CC(C)Oc1ccccc1CNC(=O)c1ccc(NC(=O)Nc2ccccc2)cc1. The largest absolute Gasteiger partial charge is 0.491 e. The zero-order valence-corrected chi connectivity index (χ0v) is 17.0. The minimum Gasteiger partial charge on any atom is -0.491 e. The van der Waals surface area contributed by atoms with Crippen LogP contribution in [0.2, 0.25) is 0 Å². The van der Waals surface area contributed by atoms with Gasteiger partial charge in [-0.05, 0) is 56.3 Å². The van der Waals surface area contributed by atoms with Crippen LogP contribution in [-0.2, 0) is 6.54 Å². The average Bonchev–Trinajstić information content (AvgIpc) is 2.73. The minimum absolute atomic E-state index is 0.0565. The van der Waals surface area contributed by atoms with Crippen LogP contribution >= 0.6 is 0 Å². The van der Waals surface area contributed by atoms with Crippen molar-refractivity contribution in [2.75, 3.05) is 10.6 Å². The number of hydrogen-bond donors (Lipinski definition) is 3. The van der Waals surface area contributed by atoms with Gasteiger partial charge in [0.15, 0.2) is 0 Å². The van der Waals surface area contributed by atoms with Gasteiger partial charge in [0.05, 0.1) is 6.10 Å². The Hall–Kier alpha value is -3.80. The summed E-state index contributed by atoms with van der Waals surface area (Å²) in [5.74, 6) is 0.561. The summed E-state index contributed by atoms with van der Waals surface area (Å²) in [6.07, 6.45) is 0.0565. The van der Waals surface area contributed by atoms with E-state index in [1.807, 2.05) is 56.3 Å². The van der Waals surface area contributed by atoms with Crippen molar-refractivity contribution in [1.82, 2.24) is 5.32 Å². The average molecular weight is 403 g/mol. The Morgan fingerprint density at radius 2 is 1.40 bits per heavy atom.